The van der Waals surface area contributed by atoms with Crippen molar-refractivity contribution in [3.8, 4) is 0 Å². The summed E-state index contributed by atoms with van der Waals surface area (Å²) in [4.78, 5) is 0. The molecule has 0 spiro atoms. The SMILES string of the molecule is CCCCC(OC)N1CC(Br)=C(OC)C=N1. The minimum atomic E-state index is 0.0437. The smallest absolute Gasteiger partial charge is 0.150 e. The fourth-order valence-electron chi connectivity index (χ4n) is 1.56. The average molecular weight is 291 g/mol. The molecule has 92 valence electrons. The van der Waals surface area contributed by atoms with Crippen molar-refractivity contribution >= 4 is 22.1 Å². The van der Waals surface area contributed by atoms with E-state index < -0.39 is 0 Å². The number of ether oxygens (including phenoxy) is 2. The molecule has 0 amide bonds. The first kappa shape index (κ1) is 13.5. The molecule has 1 atom stereocenters. The summed E-state index contributed by atoms with van der Waals surface area (Å²) in [7, 11) is 3.36. The molecule has 16 heavy (non-hydrogen) atoms. The normalized spacial score (nSPS) is 17.9. The molecule has 0 radical (unpaired) electrons. The fraction of sp³-hybridized carbons (Fsp3) is 0.727. The van der Waals surface area contributed by atoms with Crippen LogP contribution in [0.25, 0.3) is 0 Å². The van der Waals surface area contributed by atoms with Crippen molar-refractivity contribution in [2.45, 2.75) is 32.4 Å². The van der Waals surface area contributed by atoms with Gasteiger partial charge < -0.3 is 9.47 Å². The second-order valence-electron chi connectivity index (χ2n) is 3.65. The molecule has 0 aliphatic carbocycles. The van der Waals surface area contributed by atoms with Crippen molar-refractivity contribution in [3.63, 3.8) is 0 Å². The highest BCUT2D eigenvalue weighted by atomic mass is 79.9. The molecule has 0 saturated heterocycles. The quantitative estimate of drug-likeness (QED) is 0.754. The lowest BCUT2D eigenvalue weighted by Gasteiger charge is -2.30. The van der Waals surface area contributed by atoms with Gasteiger partial charge in [0.1, 0.15) is 6.23 Å². The van der Waals surface area contributed by atoms with Gasteiger partial charge in [0.05, 0.1) is 24.4 Å². The van der Waals surface area contributed by atoms with Crippen LogP contribution < -0.4 is 0 Å². The van der Waals surface area contributed by atoms with Gasteiger partial charge in [-0.25, -0.2) is 0 Å². The third-order valence-electron chi connectivity index (χ3n) is 2.52. The van der Waals surface area contributed by atoms with Crippen LogP contribution in [0.2, 0.25) is 0 Å². The molecule has 0 aromatic heterocycles. The summed E-state index contributed by atoms with van der Waals surface area (Å²) in [6, 6.07) is 0. The topological polar surface area (TPSA) is 34.1 Å². The molecular weight excluding hydrogens is 272 g/mol. The van der Waals surface area contributed by atoms with Gasteiger partial charge in [0, 0.05) is 7.11 Å². The van der Waals surface area contributed by atoms with E-state index in [9.17, 15) is 0 Å². The van der Waals surface area contributed by atoms with Gasteiger partial charge in [-0.1, -0.05) is 13.3 Å². The van der Waals surface area contributed by atoms with Gasteiger partial charge in [-0.15, -0.1) is 0 Å². The van der Waals surface area contributed by atoms with Crippen LogP contribution >= 0.6 is 15.9 Å². The fourth-order valence-corrected chi connectivity index (χ4v) is 2.09. The third-order valence-corrected chi connectivity index (χ3v) is 3.16. The highest BCUT2D eigenvalue weighted by Crippen LogP contribution is 2.21. The van der Waals surface area contributed by atoms with Gasteiger partial charge in [-0.2, -0.15) is 5.10 Å². The zero-order valence-electron chi connectivity index (χ0n) is 10.1. The van der Waals surface area contributed by atoms with E-state index in [-0.39, 0.29) is 6.23 Å². The molecule has 1 rings (SSSR count). The number of hydrazone groups is 1. The Morgan fingerprint density at radius 1 is 1.56 bits per heavy atom. The van der Waals surface area contributed by atoms with E-state index in [4.69, 9.17) is 9.47 Å². The predicted molar refractivity (Wildman–Crippen MR) is 68.5 cm³/mol. The predicted octanol–water partition coefficient (Wildman–Crippen LogP) is 2.70. The van der Waals surface area contributed by atoms with Crippen molar-refractivity contribution < 1.29 is 9.47 Å². The van der Waals surface area contributed by atoms with Gasteiger partial charge >= 0.3 is 0 Å². The number of methoxy groups -OCH3 is 2. The Morgan fingerprint density at radius 3 is 2.81 bits per heavy atom. The van der Waals surface area contributed by atoms with Crippen molar-refractivity contribution in [2.24, 2.45) is 5.10 Å². The van der Waals surface area contributed by atoms with E-state index in [2.05, 4.69) is 28.0 Å². The molecule has 0 N–H and O–H groups in total. The number of allylic oxidation sites excluding steroid dienone is 1. The number of hydrogen-bond acceptors (Lipinski definition) is 4. The van der Waals surface area contributed by atoms with Crippen LogP contribution in [0.3, 0.4) is 0 Å². The average Bonchev–Trinajstić information content (AvgIpc) is 2.30. The maximum Gasteiger partial charge on any atom is 0.150 e. The summed E-state index contributed by atoms with van der Waals surface area (Å²) in [6.45, 7) is 2.87. The summed E-state index contributed by atoms with van der Waals surface area (Å²) in [6.07, 6.45) is 5.06. The van der Waals surface area contributed by atoms with Crippen molar-refractivity contribution in [1.82, 2.24) is 5.01 Å². The van der Waals surface area contributed by atoms with Crippen molar-refractivity contribution in [1.29, 1.82) is 0 Å². The van der Waals surface area contributed by atoms with E-state index in [1.807, 2.05) is 5.01 Å². The van der Waals surface area contributed by atoms with Crippen LogP contribution in [-0.2, 0) is 9.47 Å². The highest BCUT2D eigenvalue weighted by Gasteiger charge is 2.20. The lowest BCUT2D eigenvalue weighted by atomic mass is 10.2. The number of hydrogen-bond donors (Lipinski definition) is 0. The monoisotopic (exact) mass is 290 g/mol. The molecule has 5 heteroatoms. The first-order valence-electron chi connectivity index (χ1n) is 5.49. The standard InChI is InChI=1S/C11H19BrN2O2/c1-4-5-6-11(16-3)14-8-9(12)10(15-2)7-13-14/h7,11H,4-6,8H2,1-3H3. The lowest BCUT2D eigenvalue weighted by molar-refractivity contribution is -0.0331. The Kier molecular flexibility index (Phi) is 5.84. The lowest BCUT2D eigenvalue weighted by Crippen LogP contribution is -2.35. The maximum atomic E-state index is 5.44. The van der Waals surface area contributed by atoms with E-state index in [1.54, 1.807) is 20.4 Å². The molecule has 4 nitrogen and oxygen atoms in total. The largest absolute Gasteiger partial charge is 0.494 e. The zero-order chi connectivity index (χ0) is 12.0. The molecule has 0 aromatic rings. The summed E-state index contributed by atoms with van der Waals surface area (Å²) in [5, 5.41) is 6.26. The Bertz CT molecular complexity index is 279. The first-order chi connectivity index (χ1) is 7.72. The molecule has 0 saturated carbocycles. The number of rotatable bonds is 6. The van der Waals surface area contributed by atoms with Crippen molar-refractivity contribution in [3.05, 3.63) is 10.2 Å². The van der Waals surface area contributed by atoms with Crippen LogP contribution in [-0.4, -0.2) is 38.2 Å². The number of halogens is 1. The van der Waals surface area contributed by atoms with E-state index >= 15 is 0 Å². The van der Waals surface area contributed by atoms with Crippen LogP contribution in [0.1, 0.15) is 26.2 Å². The second kappa shape index (κ2) is 6.91. The minimum Gasteiger partial charge on any atom is -0.494 e. The summed E-state index contributed by atoms with van der Waals surface area (Å²) < 4.78 is 11.6. The molecule has 0 fully saturated rings. The molecular formula is C11H19BrN2O2. The Morgan fingerprint density at radius 2 is 2.31 bits per heavy atom. The summed E-state index contributed by atoms with van der Waals surface area (Å²) in [5.41, 5.74) is 0. The van der Waals surface area contributed by atoms with Gasteiger partial charge in [0.2, 0.25) is 0 Å². The second-order valence-corrected chi connectivity index (χ2v) is 4.61. The molecule has 1 aliphatic rings. The van der Waals surface area contributed by atoms with E-state index in [1.165, 1.54) is 0 Å². The van der Waals surface area contributed by atoms with Crippen molar-refractivity contribution in [2.75, 3.05) is 20.8 Å². The van der Waals surface area contributed by atoms with E-state index in [0.717, 1.165) is 29.5 Å². The van der Waals surface area contributed by atoms with Crippen LogP contribution in [0.5, 0.6) is 0 Å². The number of unbranched alkanes of at least 4 members (excludes halogenated alkanes) is 1. The van der Waals surface area contributed by atoms with E-state index in [0.29, 0.717) is 6.54 Å². The minimum absolute atomic E-state index is 0.0437. The molecule has 0 bridgehead atoms. The maximum absolute atomic E-state index is 5.44. The Labute approximate surface area is 105 Å². The van der Waals surface area contributed by atoms with Gasteiger partial charge in [0.15, 0.2) is 5.76 Å². The van der Waals surface area contributed by atoms with Gasteiger partial charge in [-0.3, -0.25) is 5.01 Å². The molecule has 1 heterocycles. The van der Waals surface area contributed by atoms with Gasteiger partial charge in [0.25, 0.3) is 0 Å². The first-order valence-corrected chi connectivity index (χ1v) is 6.28. The summed E-state index contributed by atoms with van der Waals surface area (Å²) in [5.74, 6) is 0.779. The zero-order valence-corrected chi connectivity index (χ0v) is 11.7. The van der Waals surface area contributed by atoms with Crippen LogP contribution in [0, 0.1) is 0 Å². The Balaban J connectivity index is 2.57. The summed E-state index contributed by atoms with van der Waals surface area (Å²) >= 11 is 3.49. The number of nitrogens with zero attached hydrogens (tertiary/aromatic N) is 2. The molecule has 0 aromatic carbocycles. The van der Waals surface area contributed by atoms with Crippen LogP contribution in [0.4, 0.5) is 0 Å². The molecule has 1 unspecified atom stereocenters. The van der Waals surface area contributed by atoms with Gasteiger partial charge in [-0.05, 0) is 28.8 Å². The highest BCUT2D eigenvalue weighted by molar-refractivity contribution is 9.11. The molecule has 1 aliphatic heterocycles. The Hall–Kier alpha value is -0.550. The van der Waals surface area contributed by atoms with Crippen LogP contribution in [0.15, 0.2) is 15.3 Å². The third kappa shape index (κ3) is 3.49.